The molecule has 0 aliphatic carbocycles. The minimum Gasteiger partial charge on any atom is -0.395 e. The summed E-state index contributed by atoms with van der Waals surface area (Å²) >= 11 is 1.42. The lowest BCUT2D eigenvalue weighted by Gasteiger charge is -2.18. The van der Waals surface area contributed by atoms with E-state index in [4.69, 9.17) is 5.11 Å². The predicted molar refractivity (Wildman–Crippen MR) is 62.2 cm³/mol. The van der Waals surface area contributed by atoms with E-state index >= 15 is 0 Å². The smallest absolute Gasteiger partial charge is 0.315 e. The van der Waals surface area contributed by atoms with Crippen LogP contribution in [-0.2, 0) is 9.59 Å². The first-order chi connectivity index (χ1) is 7.69. The molecule has 0 fully saturated rings. The van der Waals surface area contributed by atoms with Crippen LogP contribution in [0.15, 0.2) is 4.99 Å². The summed E-state index contributed by atoms with van der Waals surface area (Å²) < 4.78 is 0. The van der Waals surface area contributed by atoms with Crippen molar-refractivity contribution in [2.24, 2.45) is 4.99 Å². The molecule has 0 saturated carbocycles. The summed E-state index contributed by atoms with van der Waals surface area (Å²) in [6, 6.07) is 0. The van der Waals surface area contributed by atoms with Crippen molar-refractivity contribution in [1.82, 2.24) is 10.2 Å². The molecule has 0 radical (unpaired) electrons. The molecule has 2 amide bonds. The number of carbonyl (C=O) groups excluding carboxylic acids is 2. The molecule has 16 heavy (non-hydrogen) atoms. The molecular formula is C9H15N3O3S. The zero-order valence-corrected chi connectivity index (χ0v) is 9.92. The van der Waals surface area contributed by atoms with Crippen molar-refractivity contribution in [1.29, 1.82) is 0 Å². The molecule has 0 aromatic carbocycles. The Hall–Kier alpha value is -1.08. The zero-order valence-electron chi connectivity index (χ0n) is 9.10. The number of aliphatic hydroxyl groups is 1. The van der Waals surface area contributed by atoms with Crippen molar-refractivity contribution in [2.45, 2.75) is 6.92 Å². The fourth-order valence-electron chi connectivity index (χ4n) is 1.23. The van der Waals surface area contributed by atoms with Gasteiger partial charge in [0.25, 0.3) is 0 Å². The average Bonchev–Trinajstić information content (AvgIpc) is 2.77. The van der Waals surface area contributed by atoms with Crippen LogP contribution in [0.25, 0.3) is 0 Å². The molecule has 0 aromatic heterocycles. The Bertz CT molecular complexity index is 306. The summed E-state index contributed by atoms with van der Waals surface area (Å²) in [5, 5.41) is 11.7. The van der Waals surface area contributed by atoms with Gasteiger partial charge in [0.1, 0.15) is 0 Å². The summed E-state index contributed by atoms with van der Waals surface area (Å²) in [7, 11) is 0. The van der Waals surface area contributed by atoms with E-state index in [0.717, 1.165) is 5.75 Å². The number of carbonyl (C=O) groups is 2. The van der Waals surface area contributed by atoms with Crippen molar-refractivity contribution in [2.75, 3.05) is 32.0 Å². The number of aliphatic hydroxyl groups excluding tert-OH is 1. The first kappa shape index (κ1) is 13.0. The third kappa shape index (κ3) is 3.49. The average molecular weight is 245 g/mol. The molecule has 7 heteroatoms. The highest BCUT2D eigenvalue weighted by Crippen LogP contribution is 2.08. The molecule has 1 rings (SSSR count). The van der Waals surface area contributed by atoms with Crippen molar-refractivity contribution in [3.63, 3.8) is 0 Å². The number of hydrogen-bond donors (Lipinski definition) is 2. The van der Waals surface area contributed by atoms with E-state index in [-0.39, 0.29) is 13.2 Å². The summed E-state index contributed by atoms with van der Waals surface area (Å²) in [6.45, 7) is 2.84. The molecule has 0 bridgehead atoms. The van der Waals surface area contributed by atoms with Crippen LogP contribution in [0.5, 0.6) is 0 Å². The second-order valence-corrected chi connectivity index (χ2v) is 4.18. The minimum atomic E-state index is -0.691. The number of rotatable bonds is 3. The van der Waals surface area contributed by atoms with E-state index in [1.807, 2.05) is 0 Å². The van der Waals surface area contributed by atoms with Gasteiger partial charge in [-0.25, -0.2) is 0 Å². The third-order valence-electron chi connectivity index (χ3n) is 2.04. The van der Waals surface area contributed by atoms with Gasteiger partial charge in [-0.1, -0.05) is 11.8 Å². The van der Waals surface area contributed by atoms with E-state index in [2.05, 4.69) is 10.3 Å². The number of thioether (sulfide) groups is 1. The molecule has 0 atom stereocenters. The Morgan fingerprint density at radius 3 is 2.88 bits per heavy atom. The van der Waals surface area contributed by atoms with E-state index in [1.54, 1.807) is 6.92 Å². The third-order valence-corrected chi connectivity index (χ3v) is 2.93. The van der Waals surface area contributed by atoms with E-state index in [9.17, 15) is 9.59 Å². The molecule has 1 aliphatic heterocycles. The maximum absolute atomic E-state index is 11.6. The van der Waals surface area contributed by atoms with Gasteiger partial charge in [-0.3, -0.25) is 19.9 Å². The van der Waals surface area contributed by atoms with Gasteiger partial charge in [0.2, 0.25) is 0 Å². The normalized spacial score (nSPS) is 14.5. The lowest BCUT2D eigenvalue weighted by atomic mass is 10.4. The SMILES string of the molecule is CCN(CCO)C(=O)C(=O)NC1=NCCS1. The summed E-state index contributed by atoms with van der Waals surface area (Å²) in [5.74, 6) is -0.493. The molecule has 2 N–H and O–H groups in total. The lowest BCUT2D eigenvalue weighted by Crippen LogP contribution is -2.45. The first-order valence-electron chi connectivity index (χ1n) is 5.07. The highest BCUT2D eigenvalue weighted by atomic mass is 32.2. The van der Waals surface area contributed by atoms with Crippen molar-refractivity contribution < 1.29 is 14.7 Å². The highest BCUT2D eigenvalue weighted by molar-refractivity contribution is 8.14. The van der Waals surface area contributed by atoms with Crippen molar-refractivity contribution >= 4 is 28.7 Å². The molecule has 6 nitrogen and oxygen atoms in total. The van der Waals surface area contributed by atoms with Gasteiger partial charge >= 0.3 is 11.8 Å². The molecule has 0 spiro atoms. The number of nitrogens with zero attached hydrogens (tertiary/aromatic N) is 2. The molecule has 0 aromatic rings. The maximum atomic E-state index is 11.6. The number of nitrogens with one attached hydrogen (secondary N) is 1. The Morgan fingerprint density at radius 2 is 2.38 bits per heavy atom. The molecular weight excluding hydrogens is 230 g/mol. The number of aliphatic imine (C=N–C) groups is 1. The van der Waals surface area contributed by atoms with Crippen LogP contribution < -0.4 is 5.32 Å². The van der Waals surface area contributed by atoms with Crippen LogP contribution in [0.1, 0.15) is 6.92 Å². The second-order valence-electron chi connectivity index (χ2n) is 3.10. The van der Waals surface area contributed by atoms with Gasteiger partial charge < -0.3 is 10.0 Å². The van der Waals surface area contributed by atoms with Gasteiger partial charge in [-0.15, -0.1) is 0 Å². The molecule has 1 aliphatic rings. The van der Waals surface area contributed by atoms with Crippen molar-refractivity contribution in [3.05, 3.63) is 0 Å². The van der Waals surface area contributed by atoms with Crippen LogP contribution in [-0.4, -0.2) is 59.0 Å². The largest absolute Gasteiger partial charge is 0.395 e. The highest BCUT2D eigenvalue weighted by Gasteiger charge is 2.22. The lowest BCUT2D eigenvalue weighted by molar-refractivity contribution is -0.145. The Kier molecular flexibility index (Phi) is 5.27. The number of hydrogen-bond acceptors (Lipinski definition) is 5. The standard InChI is InChI=1S/C9H15N3O3S/c1-2-12(4-5-13)8(15)7(14)11-9-10-3-6-16-9/h13H,2-6H2,1H3,(H,10,11,14). The first-order valence-corrected chi connectivity index (χ1v) is 6.06. The molecule has 0 saturated heterocycles. The van der Waals surface area contributed by atoms with E-state index in [0.29, 0.717) is 18.3 Å². The van der Waals surface area contributed by atoms with Gasteiger partial charge in [0.05, 0.1) is 13.2 Å². The summed E-state index contributed by atoms with van der Waals surface area (Å²) in [6.07, 6.45) is 0. The Morgan fingerprint density at radius 1 is 1.62 bits per heavy atom. The minimum absolute atomic E-state index is 0.150. The monoisotopic (exact) mass is 245 g/mol. The van der Waals surface area contributed by atoms with Gasteiger partial charge in [0.15, 0.2) is 5.17 Å². The molecule has 1 heterocycles. The van der Waals surface area contributed by atoms with Crippen LogP contribution in [0, 0.1) is 0 Å². The fraction of sp³-hybridized carbons (Fsp3) is 0.667. The van der Waals surface area contributed by atoms with Gasteiger partial charge in [-0.05, 0) is 6.92 Å². The number of amides is 2. The zero-order chi connectivity index (χ0) is 12.0. The summed E-state index contributed by atoms with van der Waals surface area (Å²) in [5.41, 5.74) is 0. The van der Waals surface area contributed by atoms with Crippen LogP contribution in [0.4, 0.5) is 0 Å². The van der Waals surface area contributed by atoms with Crippen LogP contribution >= 0.6 is 11.8 Å². The quantitative estimate of drug-likeness (QED) is 0.628. The maximum Gasteiger partial charge on any atom is 0.315 e. The van der Waals surface area contributed by atoms with Gasteiger partial charge in [0, 0.05) is 18.8 Å². The Balaban J connectivity index is 2.48. The number of amidine groups is 1. The predicted octanol–water partition coefficient (Wildman–Crippen LogP) is -0.954. The van der Waals surface area contributed by atoms with E-state index in [1.165, 1.54) is 16.7 Å². The molecule has 90 valence electrons. The fourth-order valence-corrected chi connectivity index (χ4v) is 1.95. The van der Waals surface area contributed by atoms with Crippen LogP contribution in [0.2, 0.25) is 0 Å². The topological polar surface area (TPSA) is 82.0 Å². The second kappa shape index (κ2) is 6.49. The van der Waals surface area contributed by atoms with Crippen LogP contribution in [0.3, 0.4) is 0 Å². The molecule has 0 unspecified atom stereocenters. The van der Waals surface area contributed by atoms with E-state index < -0.39 is 11.8 Å². The van der Waals surface area contributed by atoms with Crippen molar-refractivity contribution in [3.8, 4) is 0 Å². The Labute approximate surface area is 98.1 Å². The van der Waals surface area contributed by atoms with Gasteiger partial charge in [-0.2, -0.15) is 0 Å². The summed E-state index contributed by atoms with van der Waals surface area (Å²) in [4.78, 5) is 28.4. The number of likely N-dealkylation sites (N-methyl/N-ethyl adjacent to an activating group) is 1.